The van der Waals surface area contributed by atoms with Crippen molar-refractivity contribution in [3.05, 3.63) is 125 Å². The first kappa shape index (κ1) is 27.6. The number of amides is 2. The molecule has 208 valence electrons. The van der Waals surface area contributed by atoms with E-state index in [1.165, 1.54) is 12.1 Å². The van der Waals surface area contributed by atoms with Gasteiger partial charge in [-0.05, 0) is 52.9 Å². The molecule has 3 N–H and O–H groups in total. The van der Waals surface area contributed by atoms with E-state index in [1.54, 1.807) is 19.1 Å². The number of hydrogen-bond donors (Lipinski definition) is 3. The number of hydrogen-bond acceptors (Lipinski definition) is 5. The van der Waals surface area contributed by atoms with Crippen LogP contribution in [-0.2, 0) is 20.9 Å². The van der Waals surface area contributed by atoms with E-state index in [2.05, 4.69) is 22.8 Å². The van der Waals surface area contributed by atoms with Gasteiger partial charge in [-0.3, -0.25) is 10.1 Å². The number of carboxylic acid groups (broad SMARTS) is 1. The summed E-state index contributed by atoms with van der Waals surface area (Å²) in [4.78, 5) is 37.5. The number of ether oxygens (including phenoxy) is 2. The van der Waals surface area contributed by atoms with Crippen molar-refractivity contribution in [1.29, 1.82) is 0 Å². The van der Waals surface area contributed by atoms with Crippen molar-refractivity contribution >= 4 is 23.7 Å². The number of carbonyl (C=O) groups is 3. The van der Waals surface area contributed by atoms with Crippen molar-refractivity contribution in [3.8, 4) is 11.1 Å². The summed E-state index contributed by atoms with van der Waals surface area (Å²) >= 11 is 0. The second-order valence-corrected chi connectivity index (χ2v) is 9.82. The average Bonchev–Trinajstić information content (AvgIpc) is 3.31. The molecule has 0 fully saturated rings. The van der Waals surface area contributed by atoms with Crippen molar-refractivity contribution < 1.29 is 29.0 Å². The molecule has 41 heavy (non-hydrogen) atoms. The maximum Gasteiger partial charge on any atom is 0.411 e. The van der Waals surface area contributed by atoms with Crippen molar-refractivity contribution in [2.45, 2.75) is 31.6 Å². The van der Waals surface area contributed by atoms with Crippen LogP contribution in [0.2, 0.25) is 0 Å². The lowest BCUT2D eigenvalue weighted by Crippen LogP contribution is -2.48. The summed E-state index contributed by atoms with van der Waals surface area (Å²) in [6.45, 7) is 1.96. The minimum Gasteiger partial charge on any atom is -0.480 e. The molecule has 1 aliphatic carbocycles. The Morgan fingerprint density at radius 1 is 0.829 bits per heavy atom. The van der Waals surface area contributed by atoms with Gasteiger partial charge < -0.3 is 19.9 Å². The van der Waals surface area contributed by atoms with E-state index < -0.39 is 30.1 Å². The van der Waals surface area contributed by atoms with Gasteiger partial charge in [0.05, 0.1) is 12.7 Å². The molecule has 4 aromatic rings. The third kappa shape index (κ3) is 6.45. The number of anilines is 1. The number of carboxylic acids is 1. The minimum atomic E-state index is -1.27. The van der Waals surface area contributed by atoms with Crippen LogP contribution >= 0.6 is 0 Å². The molecule has 0 saturated heterocycles. The highest BCUT2D eigenvalue weighted by Crippen LogP contribution is 2.44. The Balaban J connectivity index is 1.18. The van der Waals surface area contributed by atoms with Gasteiger partial charge in [-0.15, -0.1) is 0 Å². The first-order valence-corrected chi connectivity index (χ1v) is 13.3. The number of fused-ring (bicyclic) bond motifs is 3. The standard InChI is InChI=1S/C33H30N2O6/c1-21(40-19-22-10-3-2-4-11-22)30(32(37)38)35-31(36)23-12-9-13-24(18-23)34-33(39)41-20-29-27-16-7-5-14-25(27)26-15-6-8-17-28(26)29/h2-18,21,29-30H,19-20H2,1H3,(H,34,39)(H,35,36)(H,37,38). The Bertz CT molecular complexity index is 1510. The molecule has 2 atom stereocenters. The van der Waals surface area contributed by atoms with Gasteiger partial charge in [0.1, 0.15) is 6.61 Å². The van der Waals surface area contributed by atoms with Gasteiger partial charge in [0.25, 0.3) is 5.91 Å². The fourth-order valence-electron chi connectivity index (χ4n) is 4.99. The van der Waals surface area contributed by atoms with E-state index in [0.29, 0.717) is 5.69 Å². The van der Waals surface area contributed by atoms with E-state index in [1.807, 2.05) is 66.7 Å². The predicted molar refractivity (Wildman–Crippen MR) is 155 cm³/mol. The summed E-state index contributed by atoms with van der Waals surface area (Å²) in [5, 5.41) is 14.9. The predicted octanol–water partition coefficient (Wildman–Crippen LogP) is 5.84. The lowest BCUT2D eigenvalue weighted by molar-refractivity contribution is -0.143. The van der Waals surface area contributed by atoms with Gasteiger partial charge in [0.15, 0.2) is 6.04 Å². The Labute approximate surface area is 237 Å². The first-order valence-electron chi connectivity index (χ1n) is 13.3. The molecule has 0 spiro atoms. The second-order valence-electron chi connectivity index (χ2n) is 9.82. The van der Waals surface area contributed by atoms with E-state index in [4.69, 9.17) is 9.47 Å². The molecule has 0 saturated carbocycles. The van der Waals surface area contributed by atoms with Gasteiger partial charge >= 0.3 is 12.1 Å². The number of benzene rings is 4. The lowest BCUT2D eigenvalue weighted by atomic mass is 9.98. The van der Waals surface area contributed by atoms with Crippen LogP contribution in [0.1, 0.15) is 39.9 Å². The molecular weight excluding hydrogens is 520 g/mol. The van der Waals surface area contributed by atoms with Gasteiger partial charge in [0, 0.05) is 17.2 Å². The number of rotatable bonds is 10. The quantitative estimate of drug-likeness (QED) is 0.229. The van der Waals surface area contributed by atoms with Crippen molar-refractivity contribution in [3.63, 3.8) is 0 Å². The SMILES string of the molecule is CC(OCc1ccccc1)C(NC(=O)c1cccc(NC(=O)OCC2c3ccccc3-c3ccccc32)c1)C(=O)O. The summed E-state index contributed by atoms with van der Waals surface area (Å²) < 4.78 is 11.3. The molecule has 0 heterocycles. The third-order valence-electron chi connectivity index (χ3n) is 7.09. The number of carbonyl (C=O) groups excluding carboxylic acids is 2. The fourth-order valence-corrected chi connectivity index (χ4v) is 4.99. The summed E-state index contributed by atoms with van der Waals surface area (Å²) in [6, 6.07) is 30.4. The van der Waals surface area contributed by atoms with Gasteiger partial charge in [-0.1, -0.05) is 84.9 Å². The molecular formula is C33H30N2O6. The maximum absolute atomic E-state index is 12.9. The maximum atomic E-state index is 12.9. The summed E-state index contributed by atoms with van der Waals surface area (Å²) in [5.41, 5.74) is 5.90. The first-order chi connectivity index (χ1) is 19.9. The van der Waals surface area contributed by atoms with Crippen molar-refractivity contribution in [2.75, 3.05) is 11.9 Å². The Kier molecular flexibility index (Phi) is 8.41. The van der Waals surface area contributed by atoms with Crippen molar-refractivity contribution in [1.82, 2.24) is 5.32 Å². The van der Waals surface area contributed by atoms with Gasteiger partial charge in [-0.25, -0.2) is 9.59 Å². The third-order valence-corrected chi connectivity index (χ3v) is 7.09. The fraction of sp³-hybridized carbons (Fsp3) is 0.182. The molecule has 0 aliphatic heterocycles. The molecule has 0 bridgehead atoms. The minimum absolute atomic E-state index is 0.0793. The highest BCUT2D eigenvalue weighted by Gasteiger charge is 2.30. The Hall–Kier alpha value is -4.95. The Morgan fingerprint density at radius 3 is 2.12 bits per heavy atom. The van der Waals surface area contributed by atoms with E-state index >= 15 is 0 Å². The highest BCUT2D eigenvalue weighted by molar-refractivity contribution is 5.98. The highest BCUT2D eigenvalue weighted by atomic mass is 16.5. The van der Waals surface area contributed by atoms with Crippen LogP contribution in [0.4, 0.5) is 10.5 Å². The van der Waals surface area contributed by atoms with Crippen LogP contribution in [0.5, 0.6) is 0 Å². The molecule has 0 radical (unpaired) electrons. The van der Waals surface area contributed by atoms with Crippen LogP contribution in [0.3, 0.4) is 0 Å². The summed E-state index contributed by atoms with van der Waals surface area (Å²) in [7, 11) is 0. The second kappa shape index (κ2) is 12.5. The molecule has 8 heteroatoms. The lowest BCUT2D eigenvalue weighted by Gasteiger charge is -2.22. The van der Waals surface area contributed by atoms with E-state index in [0.717, 1.165) is 27.8 Å². The normalized spacial score (nSPS) is 13.4. The zero-order valence-electron chi connectivity index (χ0n) is 22.4. The Morgan fingerprint density at radius 2 is 1.46 bits per heavy atom. The molecule has 8 nitrogen and oxygen atoms in total. The molecule has 5 rings (SSSR count). The van der Waals surface area contributed by atoms with Crippen LogP contribution in [0.25, 0.3) is 11.1 Å². The molecule has 1 aliphatic rings. The number of aliphatic carboxylic acids is 1. The molecule has 2 unspecified atom stereocenters. The van der Waals surface area contributed by atoms with E-state index in [-0.39, 0.29) is 24.7 Å². The zero-order valence-corrected chi connectivity index (χ0v) is 22.4. The molecule has 4 aromatic carbocycles. The summed E-state index contributed by atoms with van der Waals surface area (Å²) in [6.07, 6.45) is -1.45. The topological polar surface area (TPSA) is 114 Å². The summed E-state index contributed by atoms with van der Waals surface area (Å²) in [5.74, 6) is -1.90. The van der Waals surface area contributed by atoms with Gasteiger partial charge in [-0.2, -0.15) is 0 Å². The van der Waals surface area contributed by atoms with Crippen LogP contribution < -0.4 is 10.6 Å². The average molecular weight is 551 g/mol. The van der Waals surface area contributed by atoms with Crippen molar-refractivity contribution in [2.24, 2.45) is 0 Å². The molecule has 2 amide bonds. The van der Waals surface area contributed by atoms with Crippen LogP contribution in [0.15, 0.2) is 103 Å². The van der Waals surface area contributed by atoms with Crippen LogP contribution in [-0.4, -0.2) is 41.8 Å². The van der Waals surface area contributed by atoms with Crippen LogP contribution in [0, 0.1) is 0 Å². The zero-order chi connectivity index (χ0) is 28.8. The van der Waals surface area contributed by atoms with E-state index in [9.17, 15) is 19.5 Å². The monoisotopic (exact) mass is 550 g/mol. The van der Waals surface area contributed by atoms with Gasteiger partial charge in [0.2, 0.25) is 0 Å². The smallest absolute Gasteiger partial charge is 0.411 e. The number of nitrogens with one attached hydrogen (secondary N) is 2. The largest absolute Gasteiger partial charge is 0.480 e. The molecule has 0 aromatic heterocycles.